The van der Waals surface area contributed by atoms with E-state index in [4.69, 9.17) is 11.0 Å². The summed E-state index contributed by atoms with van der Waals surface area (Å²) in [7, 11) is -3.74. The van der Waals surface area contributed by atoms with Crippen molar-refractivity contribution in [1.29, 1.82) is 5.26 Å². The number of nitriles is 1. The zero-order valence-electron chi connectivity index (χ0n) is 11.4. The number of anilines is 1. The average Bonchev–Trinajstić information content (AvgIpc) is 2.46. The Labute approximate surface area is 123 Å². The second kappa shape index (κ2) is 5.91. The number of nitrogens with zero attached hydrogens (tertiary/aromatic N) is 2. The lowest BCUT2D eigenvalue weighted by atomic mass is 10.2. The van der Waals surface area contributed by atoms with Gasteiger partial charge in [0.05, 0.1) is 17.3 Å². The minimum Gasteiger partial charge on any atom is -0.398 e. The molecular weight excluding hydrogens is 288 g/mol. The van der Waals surface area contributed by atoms with Gasteiger partial charge in [0, 0.05) is 18.9 Å². The van der Waals surface area contributed by atoms with E-state index in [2.05, 4.69) is 9.71 Å². The molecule has 21 heavy (non-hydrogen) atoms. The van der Waals surface area contributed by atoms with Crippen molar-refractivity contribution in [1.82, 2.24) is 9.71 Å². The fourth-order valence-corrected chi connectivity index (χ4v) is 2.93. The van der Waals surface area contributed by atoms with Gasteiger partial charge in [-0.05, 0) is 42.3 Å². The number of benzene rings is 1. The van der Waals surface area contributed by atoms with Gasteiger partial charge in [0.1, 0.15) is 4.90 Å². The van der Waals surface area contributed by atoms with E-state index in [9.17, 15) is 8.42 Å². The third-order valence-corrected chi connectivity index (χ3v) is 4.49. The summed E-state index contributed by atoms with van der Waals surface area (Å²) in [6.45, 7) is 2.00. The van der Waals surface area contributed by atoms with Gasteiger partial charge in [-0.3, -0.25) is 4.98 Å². The lowest BCUT2D eigenvalue weighted by Gasteiger charge is -2.10. The molecule has 1 aromatic heterocycles. The highest BCUT2D eigenvalue weighted by Gasteiger charge is 2.17. The molecule has 0 atom stereocenters. The first-order valence-corrected chi connectivity index (χ1v) is 7.61. The number of nitrogens with two attached hydrogens (primary N) is 1. The van der Waals surface area contributed by atoms with Crippen LogP contribution in [0.2, 0.25) is 0 Å². The van der Waals surface area contributed by atoms with Crippen molar-refractivity contribution in [2.45, 2.75) is 18.4 Å². The Morgan fingerprint density at radius 2 is 2.14 bits per heavy atom. The molecule has 0 fully saturated rings. The van der Waals surface area contributed by atoms with Gasteiger partial charge in [0.2, 0.25) is 10.0 Å². The van der Waals surface area contributed by atoms with E-state index >= 15 is 0 Å². The van der Waals surface area contributed by atoms with Crippen molar-refractivity contribution in [3.05, 3.63) is 53.3 Å². The molecule has 0 aliphatic rings. The molecule has 108 valence electrons. The molecule has 0 radical (unpaired) electrons. The monoisotopic (exact) mass is 302 g/mol. The highest BCUT2D eigenvalue weighted by atomic mass is 32.2. The summed E-state index contributed by atoms with van der Waals surface area (Å²) in [6, 6.07) is 7.75. The number of sulfonamides is 1. The summed E-state index contributed by atoms with van der Waals surface area (Å²) in [6.07, 6.45) is 3.27. The number of hydrogen-bond donors (Lipinski definition) is 2. The third-order valence-electron chi connectivity index (χ3n) is 3.02. The third kappa shape index (κ3) is 3.37. The first kappa shape index (κ1) is 15.0. The second-order valence-electron chi connectivity index (χ2n) is 4.49. The first-order chi connectivity index (χ1) is 9.94. The number of pyridine rings is 1. The molecule has 2 aromatic rings. The Balaban J connectivity index is 2.24. The number of rotatable bonds is 4. The van der Waals surface area contributed by atoms with E-state index in [1.807, 2.05) is 13.0 Å². The summed E-state index contributed by atoms with van der Waals surface area (Å²) < 4.78 is 27.0. The fraction of sp³-hybridized carbons (Fsp3) is 0.143. The summed E-state index contributed by atoms with van der Waals surface area (Å²) in [4.78, 5) is 3.92. The van der Waals surface area contributed by atoms with E-state index in [0.29, 0.717) is 5.56 Å². The molecule has 1 aromatic carbocycles. The molecule has 0 aliphatic carbocycles. The van der Waals surface area contributed by atoms with Gasteiger partial charge in [-0.15, -0.1) is 0 Å². The van der Waals surface area contributed by atoms with E-state index in [0.717, 1.165) is 11.1 Å². The molecule has 6 nitrogen and oxygen atoms in total. The molecule has 2 rings (SSSR count). The highest BCUT2D eigenvalue weighted by Crippen LogP contribution is 2.19. The van der Waals surface area contributed by atoms with Gasteiger partial charge in [0.15, 0.2) is 0 Å². The van der Waals surface area contributed by atoms with Crippen LogP contribution >= 0.6 is 0 Å². The van der Waals surface area contributed by atoms with Crippen molar-refractivity contribution in [2.24, 2.45) is 0 Å². The molecule has 0 amide bonds. The second-order valence-corrected chi connectivity index (χ2v) is 6.23. The van der Waals surface area contributed by atoms with Gasteiger partial charge >= 0.3 is 0 Å². The number of nitrogens with one attached hydrogen (secondary N) is 1. The van der Waals surface area contributed by atoms with E-state index in [-0.39, 0.29) is 17.1 Å². The maximum atomic E-state index is 12.2. The SMILES string of the molecule is Cc1cnccc1CNS(=O)(=O)c1ccc(C#N)cc1N. The van der Waals surface area contributed by atoms with Crippen molar-refractivity contribution >= 4 is 15.7 Å². The predicted octanol–water partition coefficient (Wildman–Crippen LogP) is 1.32. The van der Waals surface area contributed by atoms with Crippen molar-refractivity contribution < 1.29 is 8.42 Å². The highest BCUT2D eigenvalue weighted by molar-refractivity contribution is 7.89. The number of nitrogen functional groups attached to an aromatic ring is 1. The van der Waals surface area contributed by atoms with E-state index in [1.165, 1.54) is 18.2 Å². The topological polar surface area (TPSA) is 109 Å². The van der Waals surface area contributed by atoms with Crippen LogP contribution in [0.4, 0.5) is 5.69 Å². The predicted molar refractivity (Wildman–Crippen MR) is 78.6 cm³/mol. The fourth-order valence-electron chi connectivity index (χ4n) is 1.81. The van der Waals surface area contributed by atoms with Crippen LogP contribution in [0.25, 0.3) is 0 Å². The number of aromatic nitrogens is 1. The van der Waals surface area contributed by atoms with Crippen LogP contribution in [-0.4, -0.2) is 13.4 Å². The van der Waals surface area contributed by atoms with E-state index in [1.54, 1.807) is 18.5 Å². The molecule has 0 unspecified atom stereocenters. The van der Waals surface area contributed by atoms with Gasteiger partial charge in [-0.1, -0.05) is 0 Å². The molecule has 0 saturated heterocycles. The molecule has 7 heteroatoms. The quantitative estimate of drug-likeness (QED) is 0.828. The van der Waals surface area contributed by atoms with Crippen LogP contribution < -0.4 is 10.5 Å². The maximum absolute atomic E-state index is 12.2. The summed E-state index contributed by atoms with van der Waals surface area (Å²) in [5.74, 6) is 0. The molecule has 1 heterocycles. The van der Waals surface area contributed by atoms with Gasteiger partial charge in [-0.2, -0.15) is 5.26 Å². The molecule has 0 bridgehead atoms. The molecule has 3 N–H and O–H groups in total. The zero-order chi connectivity index (χ0) is 15.5. The lowest BCUT2D eigenvalue weighted by molar-refractivity contribution is 0.581. The van der Waals surface area contributed by atoms with Crippen LogP contribution in [0.1, 0.15) is 16.7 Å². The Morgan fingerprint density at radius 3 is 2.76 bits per heavy atom. The maximum Gasteiger partial charge on any atom is 0.242 e. The normalized spacial score (nSPS) is 11.0. The minimum atomic E-state index is -3.74. The standard InChI is InChI=1S/C14H14N4O2S/c1-10-8-17-5-4-12(10)9-18-21(19,20)14-3-2-11(7-15)6-13(14)16/h2-6,8,18H,9,16H2,1H3. The Bertz CT molecular complexity index is 810. The van der Waals surface area contributed by atoms with Gasteiger partial charge in [0.25, 0.3) is 0 Å². The Morgan fingerprint density at radius 1 is 1.38 bits per heavy atom. The average molecular weight is 302 g/mol. The largest absolute Gasteiger partial charge is 0.398 e. The number of aryl methyl sites for hydroxylation is 1. The Hall–Kier alpha value is -2.43. The van der Waals surface area contributed by atoms with Gasteiger partial charge in [-0.25, -0.2) is 13.1 Å². The van der Waals surface area contributed by atoms with Crippen LogP contribution in [-0.2, 0) is 16.6 Å². The summed E-state index contributed by atoms with van der Waals surface area (Å²) in [5, 5.41) is 8.76. The molecule has 0 aliphatic heterocycles. The van der Waals surface area contributed by atoms with Gasteiger partial charge < -0.3 is 5.73 Å². The van der Waals surface area contributed by atoms with Crippen molar-refractivity contribution in [3.8, 4) is 6.07 Å². The van der Waals surface area contributed by atoms with Crippen molar-refractivity contribution in [2.75, 3.05) is 5.73 Å². The Kier molecular flexibility index (Phi) is 4.21. The van der Waals surface area contributed by atoms with Crippen LogP contribution in [0.5, 0.6) is 0 Å². The smallest absolute Gasteiger partial charge is 0.242 e. The van der Waals surface area contributed by atoms with Crippen molar-refractivity contribution in [3.63, 3.8) is 0 Å². The lowest BCUT2D eigenvalue weighted by Crippen LogP contribution is -2.24. The zero-order valence-corrected chi connectivity index (χ0v) is 12.2. The summed E-state index contributed by atoms with van der Waals surface area (Å²) in [5.41, 5.74) is 7.80. The molecular formula is C14H14N4O2S. The summed E-state index contributed by atoms with van der Waals surface area (Å²) >= 11 is 0. The van der Waals surface area contributed by atoms with Crippen LogP contribution in [0.3, 0.4) is 0 Å². The number of hydrogen-bond acceptors (Lipinski definition) is 5. The first-order valence-electron chi connectivity index (χ1n) is 6.13. The van der Waals surface area contributed by atoms with Crippen LogP contribution in [0.15, 0.2) is 41.6 Å². The van der Waals surface area contributed by atoms with E-state index < -0.39 is 10.0 Å². The van der Waals surface area contributed by atoms with Crippen LogP contribution in [0, 0.1) is 18.3 Å². The molecule has 0 saturated carbocycles. The molecule has 0 spiro atoms. The minimum absolute atomic E-state index is 0.0341.